The first-order chi connectivity index (χ1) is 10.3. The lowest BCUT2D eigenvalue weighted by atomic mass is 9.95. The summed E-state index contributed by atoms with van der Waals surface area (Å²) in [4.78, 5) is 12.0. The van der Waals surface area contributed by atoms with Gasteiger partial charge in [-0.05, 0) is 31.4 Å². The Kier molecular flexibility index (Phi) is 4.63. The number of amides is 1. The highest BCUT2D eigenvalue weighted by Crippen LogP contribution is 2.31. The third-order valence-electron chi connectivity index (χ3n) is 4.23. The Morgan fingerprint density at radius 1 is 1.14 bits per heavy atom. The standard InChI is InChI=1S/C17H23NO3/c19-17(18-13-6-2-1-3-7-13)11-10-14-12-20-15-8-4-5-9-16(15)21-14/h4-5,8-9,13-14H,1-3,6-7,10-12H2,(H,18,19)/t14-/m0/s1. The molecule has 1 heterocycles. The quantitative estimate of drug-likeness (QED) is 0.926. The molecule has 0 radical (unpaired) electrons. The number of nitrogens with one attached hydrogen (secondary N) is 1. The SMILES string of the molecule is O=C(CC[C@H]1COc2ccccc2O1)NC1CCCCC1. The van der Waals surface area contributed by atoms with Crippen molar-refractivity contribution >= 4 is 5.91 Å². The Hall–Kier alpha value is -1.71. The maximum Gasteiger partial charge on any atom is 0.220 e. The van der Waals surface area contributed by atoms with Gasteiger partial charge >= 0.3 is 0 Å². The molecule has 0 bridgehead atoms. The van der Waals surface area contributed by atoms with Gasteiger partial charge in [-0.15, -0.1) is 0 Å². The zero-order valence-electron chi connectivity index (χ0n) is 12.3. The third kappa shape index (κ3) is 3.90. The molecule has 0 aromatic heterocycles. The van der Waals surface area contributed by atoms with Crippen LogP contribution >= 0.6 is 0 Å². The van der Waals surface area contributed by atoms with Crippen LogP contribution in [0.3, 0.4) is 0 Å². The highest BCUT2D eigenvalue weighted by molar-refractivity contribution is 5.76. The fourth-order valence-corrected chi connectivity index (χ4v) is 3.04. The van der Waals surface area contributed by atoms with Gasteiger partial charge in [-0.25, -0.2) is 0 Å². The summed E-state index contributed by atoms with van der Waals surface area (Å²) >= 11 is 0. The van der Waals surface area contributed by atoms with E-state index >= 15 is 0 Å². The summed E-state index contributed by atoms with van der Waals surface area (Å²) in [5, 5.41) is 3.14. The molecule has 4 heteroatoms. The van der Waals surface area contributed by atoms with Gasteiger partial charge in [-0.1, -0.05) is 31.4 Å². The number of hydrogen-bond acceptors (Lipinski definition) is 3. The van der Waals surface area contributed by atoms with E-state index in [4.69, 9.17) is 9.47 Å². The predicted octanol–water partition coefficient (Wildman–Crippen LogP) is 3.06. The molecule has 1 aliphatic carbocycles. The average Bonchev–Trinajstić information content (AvgIpc) is 2.54. The van der Waals surface area contributed by atoms with Crippen LogP contribution in [0.25, 0.3) is 0 Å². The number of benzene rings is 1. The largest absolute Gasteiger partial charge is 0.486 e. The molecule has 1 saturated carbocycles. The van der Waals surface area contributed by atoms with Crippen molar-refractivity contribution in [2.75, 3.05) is 6.61 Å². The van der Waals surface area contributed by atoms with Gasteiger partial charge in [0.15, 0.2) is 11.5 Å². The molecule has 3 rings (SSSR count). The minimum atomic E-state index is -0.0306. The second-order valence-electron chi connectivity index (χ2n) is 5.94. The van der Waals surface area contributed by atoms with Crippen LogP contribution in [0.15, 0.2) is 24.3 Å². The molecule has 0 saturated heterocycles. The lowest BCUT2D eigenvalue weighted by molar-refractivity contribution is -0.122. The van der Waals surface area contributed by atoms with Gasteiger partial charge in [0, 0.05) is 12.5 Å². The van der Waals surface area contributed by atoms with Crippen molar-refractivity contribution in [2.45, 2.75) is 57.1 Å². The summed E-state index contributed by atoms with van der Waals surface area (Å²) in [7, 11) is 0. The fraction of sp³-hybridized carbons (Fsp3) is 0.588. The molecule has 1 amide bonds. The van der Waals surface area contributed by atoms with Gasteiger partial charge in [0.1, 0.15) is 12.7 Å². The van der Waals surface area contributed by atoms with E-state index < -0.39 is 0 Å². The summed E-state index contributed by atoms with van der Waals surface area (Å²) < 4.78 is 11.5. The van der Waals surface area contributed by atoms with Crippen LogP contribution in [-0.2, 0) is 4.79 Å². The van der Waals surface area contributed by atoms with Crippen LogP contribution in [0.5, 0.6) is 11.5 Å². The first-order valence-electron chi connectivity index (χ1n) is 7.99. The normalized spacial score (nSPS) is 21.8. The second-order valence-corrected chi connectivity index (χ2v) is 5.94. The Labute approximate surface area is 125 Å². The lowest BCUT2D eigenvalue weighted by Gasteiger charge is -2.27. The average molecular weight is 289 g/mol. The van der Waals surface area contributed by atoms with Crippen LogP contribution in [-0.4, -0.2) is 24.7 Å². The first kappa shape index (κ1) is 14.2. The molecule has 114 valence electrons. The minimum absolute atomic E-state index is 0.0306. The summed E-state index contributed by atoms with van der Waals surface area (Å²) in [5.74, 6) is 1.71. The topological polar surface area (TPSA) is 47.6 Å². The van der Waals surface area contributed by atoms with Crippen LogP contribution in [0.2, 0.25) is 0 Å². The highest BCUT2D eigenvalue weighted by atomic mass is 16.6. The minimum Gasteiger partial charge on any atom is -0.486 e. The molecule has 21 heavy (non-hydrogen) atoms. The van der Waals surface area contributed by atoms with Crippen LogP contribution in [0, 0.1) is 0 Å². The lowest BCUT2D eigenvalue weighted by Crippen LogP contribution is -2.37. The summed E-state index contributed by atoms with van der Waals surface area (Å²) in [6, 6.07) is 8.06. The van der Waals surface area contributed by atoms with Gasteiger partial charge < -0.3 is 14.8 Å². The van der Waals surface area contributed by atoms with E-state index in [2.05, 4.69) is 5.32 Å². The molecule has 0 spiro atoms. The molecule has 4 nitrogen and oxygen atoms in total. The van der Waals surface area contributed by atoms with E-state index in [1.807, 2.05) is 24.3 Å². The Balaban J connectivity index is 1.42. The van der Waals surface area contributed by atoms with Crippen LogP contribution in [0.1, 0.15) is 44.9 Å². The molecule has 2 aliphatic rings. The fourth-order valence-electron chi connectivity index (χ4n) is 3.04. The number of hydrogen-bond donors (Lipinski definition) is 1. The van der Waals surface area contributed by atoms with E-state index in [-0.39, 0.29) is 12.0 Å². The van der Waals surface area contributed by atoms with Crippen molar-refractivity contribution in [1.82, 2.24) is 5.32 Å². The van der Waals surface area contributed by atoms with Crippen LogP contribution in [0.4, 0.5) is 0 Å². The van der Waals surface area contributed by atoms with Gasteiger partial charge in [0.25, 0.3) is 0 Å². The number of rotatable bonds is 4. The van der Waals surface area contributed by atoms with Gasteiger partial charge in [-0.3, -0.25) is 4.79 Å². The maximum atomic E-state index is 12.0. The molecule has 1 atom stereocenters. The molecule has 0 unspecified atom stereocenters. The molecule has 1 aromatic rings. The smallest absolute Gasteiger partial charge is 0.220 e. The molecular formula is C17H23NO3. The van der Waals surface area contributed by atoms with Crippen molar-refractivity contribution in [3.8, 4) is 11.5 Å². The van der Waals surface area contributed by atoms with Crippen LogP contribution < -0.4 is 14.8 Å². The zero-order chi connectivity index (χ0) is 14.5. The van der Waals surface area contributed by atoms with E-state index in [0.717, 1.165) is 24.3 Å². The number of ether oxygens (including phenoxy) is 2. The maximum absolute atomic E-state index is 12.0. The number of carbonyl (C=O) groups is 1. The monoisotopic (exact) mass is 289 g/mol. The summed E-state index contributed by atoms with van der Waals surface area (Å²) in [6.45, 7) is 0.522. The second kappa shape index (κ2) is 6.83. The van der Waals surface area contributed by atoms with E-state index in [1.165, 1.54) is 19.3 Å². The number of carbonyl (C=O) groups excluding carboxylic acids is 1. The number of para-hydroxylation sites is 2. The highest BCUT2D eigenvalue weighted by Gasteiger charge is 2.22. The van der Waals surface area contributed by atoms with Gasteiger partial charge in [0.2, 0.25) is 5.91 Å². The van der Waals surface area contributed by atoms with E-state index in [0.29, 0.717) is 25.5 Å². The Morgan fingerprint density at radius 2 is 1.90 bits per heavy atom. The van der Waals surface area contributed by atoms with Gasteiger partial charge in [-0.2, -0.15) is 0 Å². The van der Waals surface area contributed by atoms with Gasteiger partial charge in [0.05, 0.1) is 0 Å². The molecule has 1 N–H and O–H groups in total. The zero-order valence-corrected chi connectivity index (χ0v) is 12.3. The summed E-state index contributed by atoms with van der Waals surface area (Å²) in [6.07, 6.45) is 7.21. The first-order valence-corrected chi connectivity index (χ1v) is 7.99. The molecule has 1 aliphatic heterocycles. The Morgan fingerprint density at radius 3 is 2.71 bits per heavy atom. The van der Waals surface area contributed by atoms with E-state index in [9.17, 15) is 4.79 Å². The molecule has 1 fully saturated rings. The Bertz CT molecular complexity index is 483. The molecular weight excluding hydrogens is 266 g/mol. The summed E-state index contributed by atoms with van der Waals surface area (Å²) in [5.41, 5.74) is 0. The van der Waals surface area contributed by atoms with E-state index in [1.54, 1.807) is 0 Å². The van der Waals surface area contributed by atoms with Crippen molar-refractivity contribution < 1.29 is 14.3 Å². The number of fused-ring (bicyclic) bond motifs is 1. The van der Waals surface area contributed by atoms with Crippen molar-refractivity contribution in [3.05, 3.63) is 24.3 Å². The predicted molar refractivity (Wildman–Crippen MR) is 80.6 cm³/mol. The third-order valence-corrected chi connectivity index (χ3v) is 4.23. The van der Waals surface area contributed by atoms with Crippen molar-refractivity contribution in [2.24, 2.45) is 0 Å². The molecule has 1 aromatic carbocycles. The van der Waals surface area contributed by atoms with Crippen molar-refractivity contribution in [3.63, 3.8) is 0 Å². The van der Waals surface area contributed by atoms with Crippen molar-refractivity contribution in [1.29, 1.82) is 0 Å².